The molecule has 1 unspecified atom stereocenters. The van der Waals surface area contributed by atoms with Gasteiger partial charge in [-0.1, -0.05) is 6.07 Å². The second-order valence-corrected chi connectivity index (χ2v) is 4.61. The third-order valence-corrected chi connectivity index (χ3v) is 3.20. The van der Waals surface area contributed by atoms with Crippen molar-refractivity contribution in [1.82, 2.24) is 0 Å². The molecule has 16 heavy (non-hydrogen) atoms. The lowest BCUT2D eigenvalue weighted by Gasteiger charge is -2.16. The van der Waals surface area contributed by atoms with Gasteiger partial charge in [0.15, 0.2) is 0 Å². The number of aromatic carboxylic acids is 1. The van der Waals surface area contributed by atoms with Crippen LogP contribution in [0.3, 0.4) is 0 Å². The van der Waals surface area contributed by atoms with Crippen LogP contribution in [0, 0.1) is 12.8 Å². The summed E-state index contributed by atoms with van der Waals surface area (Å²) in [4.78, 5) is 10.9. The molecule has 1 aliphatic rings. The second-order valence-electron chi connectivity index (χ2n) is 4.61. The number of carbonyl (C=O) groups is 1. The van der Waals surface area contributed by atoms with Crippen molar-refractivity contribution in [3.63, 3.8) is 0 Å². The van der Waals surface area contributed by atoms with Crippen LogP contribution in [-0.4, -0.2) is 17.1 Å². The van der Waals surface area contributed by atoms with Crippen molar-refractivity contribution in [2.45, 2.75) is 32.7 Å². The van der Waals surface area contributed by atoms with Gasteiger partial charge in [-0.15, -0.1) is 0 Å². The molecule has 86 valence electrons. The van der Waals surface area contributed by atoms with E-state index in [2.05, 4.69) is 12.2 Å². The predicted molar refractivity (Wildman–Crippen MR) is 63.9 cm³/mol. The molecule has 1 fully saturated rings. The van der Waals surface area contributed by atoms with E-state index in [4.69, 9.17) is 5.11 Å². The fourth-order valence-corrected chi connectivity index (χ4v) is 1.87. The van der Waals surface area contributed by atoms with Gasteiger partial charge in [0.25, 0.3) is 0 Å². The quantitative estimate of drug-likeness (QED) is 0.818. The summed E-state index contributed by atoms with van der Waals surface area (Å²) in [7, 11) is 0. The monoisotopic (exact) mass is 219 g/mol. The van der Waals surface area contributed by atoms with Gasteiger partial charge >= 0.3 is 5.97 Å². The Morgan fingerprint density at radius 2 is 2.19 bits per heavy atom. The molecule has 0 aliphatic heterocycles. The lowest BCUT2D eigenvalue weighted by Crippen LogP contribution is -2.18. The minimum Gasteiger partial charge on any atom is -0.478 e. The van der Waals surface area contributed by atoms with E-state index in [-0.39, 0.29) is 0 Å². The highest BCUT2D eigenvalue weighted by Gasteiger charge is 2.28. The van der Waals surface area contributed by atoms with Crippen LogP contribution in [0.5, 0.6) is 0 Å². The lowest BCUT2D eigenvalue weighted by atomic mass is 10.1. The van der Waals surface area contributed by atoms with Crippen molar-refractivity contribution in [3.05, 3.63) is 29.3 Å². The van der Waals surface area contributed by atoms with Gasteiger partial charge in [-0.25, -0.2) is 4.79 Å². The molecular weight excluding hydrogens is 202 g/mol. The fraction of sp³-hybridized carbons (Fsp3) is 0.462. The van der Waals surface area contributed by atoms with E-state index in [1.54, 1.807) is 12.1 Å². The van der Waals surface area contributed by atoms with E-state index in [9.17, 15) is 4.79 Å². The van der Waals surface area contributed by atoms with Gasteiger partial charge < -0.3 is 10.4 Å². The van der Waals surface area contributed by atoms with E-state index < -0.39 is 5.97 Å². The molecule has 1 saturated carbocycles. The normalized spacial score (nSPS) is 16.9. The standard InChI is InChI=1S/C13H17NO2/c1-8-3-4-11(13(15)16)7-12(8)14-9(2)10-5-6-10/h3-4,7,9-10,14H,5-6H2,1-2H3,(H,15,16). The lowest BCUT2D eigenvalue weighted by molar-refractivity contribution is 0.0697. The molecule has 3 nitrogen and oxygen atoms in total. The third kappa shape index (κ3) is 2.35. The molecular formula is C13H17NO2. The van der Waals surface area contributed by atoms with Crippen LogP contribution in [0.2, 0.25) is 0 Å². The summed E-state index contributed by atoms with van der Waals surface area (Å²) < 4.78 is 0. The highest BCUT2D eigenvalue weighted by molar-refractivity contribution is 5.89. The molecule has 3 heteroatoms. The van der Waals surface area contributed by atoms with Crippen LogP contribution in [0.15, 0.2) is 18.2 Å². The van der Waals surface area contributed by atoms with Gasteiger partial charge in [0, 0.05) is 11.7 Å². The van der Waals surface area contributed by atoms with Gasteiger partial charge in [0.2, 0.25) is 0 Å². The highest BCUT2D eigenvalue weighted by atomic mass is 16.4. The smallest absolute Gasteiger partial charge is 0.335 e. The van der Waals surface area contributed by atoms with Gasteiger partial charge in [-0.05, 0) is 50.3 Å². The number of carboxylic acids is 1. The Bertz CT molecular complexity index is 410. The van der Waals surface area contributed by atoms with Gasteiger partial charge in [0.1, 0.15) is 0 Å². The Morgan fingerprint density at radius 1 is 1.50 bits per heavy atom. The van der Waals surface area contributed by atoms with Crippen LogP contribution in [-0.2, 0) is 0 Å². The first-order valence-corrected chi connectivity index (χ1v) is 5.68. The average molecular weight is 219 g/mol. The molecule has 0 aromatic heterocycles. The van der Waals surface area contributed by atoms with E-state index in [0.29, 0.717) is 11.6 Å². The molecule has 0 bridgehead atoms. The summed E-state index contributed by atoms with van der Waals surface area (Å²) in [6.07, 6.45) is 2.57. The van der Waals surface area contributed by atoms with E-state index in [1.165, 1.54) is 12.8 Å². The maximum atomic E-state index is 10.9. The Balaban J connectivity index is 2.17. The Kier molecular flexibility index (Phi) is 2.86. The number of nitrogens with one attached hydrogen (secondary N) is 1. The van der Waals surface area contributed by atoms with E-state index in [1.807, 2.05) is 13.0 Å². The summed E-state index contributed by atoms with van der Waals surface area (Å²) in [5, 5.41) is 12.3. The van der Waals surface area contributed by atoms with E-state index >= 15 is 0 Å². The van der Waals surface area contributed by atoms with Gasteiger partial charge in [-0.2, -0.15) is 0 Å². The molecule has 1 aromatic carbocycles. The minimum absolute atomic E-state index is 0.344. The number of benzene rings is 1. The number of carboxylic acid groups (broad SMARTS) is 1. The minimum atomic E-state index is -0.873. The molecule has 2 rings (SSSR count). The zero-order valence-electron chi connectivity index (χ0n) is 9.66. The average Bonchev–Trinajstić information content (AvgIpc) is 3.04. The number of hydrogen-bond donors (Lipinski definition) is 2. The second kappa shape index (κ2) is 4.16. The summed E-state index contributed by atoms with van der Waals surface area (Å²) in [5.41, 5.74) is 2.38. The van der Waals surface area contributed by atoms with E-state index in [0.717, 1.165) is 17.2 Å². The fourth-order valence-electron chi connectivity index (χ4n) is 1.87. The van der Waals surface area contributed by atoms with Crippen LogP contribution < -0.4 is 5.32 Å². The Labute approximate surface area is 95.5 Å². The van der Waals surface area contributed by atoms with Gasteiger partial charge in [0.05, 0.1) is 5.56 Å². The van der Waals surface area contributed by atoms with Crippen molar-refractivity contribution >= 4 is 11.7 Å². The summed E-state index contributed by atoms with van der Waals surface area (Å²) in [5.74, 6) is -0.116. The molecule has 1 aromatic rings. The van der Waals surface area contributed by atoms with Crippen molar-refractivity contribution in [2.24, 2.45) is 5.92 Å². The number of hydrogen-bond acceptors (Lipinski definition) is 2. The zero-order valence-corrected chi connectivity index (χ0v) is 9.66. The number of aryl methyl sites for hydroxylation is 1. The molecule has 0 amide bonds. The molecule has 0 radical (unpaired) electrons. The summed E-state index contributed by atoms with van der Waals surface area (Å²) in [6, 6.07) is 5.65. The third-order valence-electron chi connectivity index (χ3n) is 3.20. The SMILES string of the molecule is Cc1ccc(C(=O)O)cc1NC(C)C1CC1. The highest BCUT2D eigenvalue weighted by Crippen LogP contribution is 2.34. The predicted octanol–water partition coefficient (Wildman–Crippen LogP) is 2.90. The van der Waals surface area contributed by atoms with Crippen molar-refractivity contribution < 1.29 is 9.90 Å². The Morgan fingerprint density at radius 3 is 2.75 bits per heavy atom. The molecule has 0 heterocycles. The molecule has 1 aliphatic carbocycles. The van der Waals surface area contributed by atoms with Crippen molar-refractivity contribution in [1.29, 1.82) is 0 Å². The maximum absolute atomic E-state index is 10.9. The topological polar surface area (TPSA) is 49.3 Å². The molecule has 2 N–H and O–H groups in total. The molecule has 0 spiro atoms. The maximum Gasteiger partial charge on any atom is 0.335 e. The summed E-state index contributed by atoms with van der Waals surface area (Å²) >= 11 is 0. The van der Waals surface area contributed by atoms with Crippen LogP contribution in [0.1, 0.15) is 35.7 Å². The first-order valence-electron chi connectivity index (χ1n) is 5.68. The molecule has 0 saturated heterocycles. The van der Waals surface area contributed by atoms with Crippen molar-refractivity contribution in [3.8, 4) is 0 Å². The first-order chi connectivity index (χ1) is 7.58. The number of rotatable bonds is 4. The van der Waals surface area contributed by atoms with Crippen LogP contribution >= 0.6 is 0 Å². The van der Waals surface area contributed by atoms with Crippen LogP contribution in [0.4, 0.5) is 5.69 Å². The largest absolute Gasteiger partial charge is 0.478 e. The van der Waals surface area contributed by atoms with Crippen molar-refractivity contribution in [2.75, 3.05) is 5.32 Å². The summed E-state index contributed by atoms with van der Waals surface area (Å²) in [6.45, 7) is 4.15. The number of anilines is 1. The molecule has 1 atom stereocenters. The zero-order chi connectivity index (χ0) is 11.7. The van der Waals surface area contributed by atoms with Gasteiger partial charge in [-0.3, -0.25) is 0 Å². The Hall–Kier alpha value is -1.51. The first kappa shape index (κ1) is 11.0. The van der Waals surface area contributed by atoms with Crippen LogP contribution in [0.25, 0.3) is 0 Å².